The lowest BCUT2D eigenvalue weighted by Crippen LogP contribution is -2.42. The summed E-state index contributed by atoms with van der Waals surface area (Å²) in [6.07, 6.45) is -0.913. The summed E-state index contributed by atoms with van der Waals surface area (Å²) in [5.74, 6) is -0.724. The Balaban J connectivity index is 1.74. The number of carbonyl (C=O) groups excluding carboxylic acids is 2. The van der Waals surface area contributed by atoms with Gasteiger partial charge in [0, 0.05) is 16.5 Å². The second kappa shape index (κ2) is 5.58. The van der Waals surface area contributed by atoms with Crippen molar-refractivity contribution >= 4 is 22.6 Å². The highest BCUT2D eigenvalue weighted by Gasteiger charge is 2.33. The number of aliphatic hydroxyl groups is 1. The molecule has 4 heteroatoms. The van der Waals surface area contributed by atoms with E-state index in [0.29, 0.717) is 22.1 Å². The molecule has 118 valence electrons. The molecule has 4 nitrogen and oxygen atoms in total. The Hall–Kier alpha value is -2.98. The Kier molecular flexibility index (Phi) is 3.40. The molecule has 0 bridgehead atoms. The van der Waals surface area contributed by atoms with Gasteiger partial charge in [0.05, 0.1) is 12.6 Å². The van der Waals surface area contributed by atoms with Crippen LogP contribution in [0.4, 0.5) is 0 Å². The molecule has 0 aliphatic carbocycles. The van der Waals surface area contributed by atoms with Crippen LogP contribution in [0.25, 0.3) is 10.8 Å². The number of rotatable bonds is 3. The highest BCUT2D eigenvalue weighted by Crippen LogP contribution is 2.30. The van der Waals surface area contributed by atoms with Crippen LogP contribution in [-0.4, -0.2) is 28.4 Å². The predicted octanol–water partition coefficient (Wildman–Crippen LogP) is 3.17. The van der Waals surface area contributed by atoms with E-state index in [-0.39, 0.29) is 18.4 Å². The van der Waals surface area contributed by atoms with Gasteiger partial charge in [0.25, 0.3) is 11.8 Å². The second-order valence-electron chi connectivity index (χ2n) is 5.86. The first-order valence-corrected chi connectivity index (χ1v) is 7.78. The zero-order valence-corrected chi connectivity index (χ0v) is 12.8. The summed E-state index contributed by atoms with van der Waals surface area (Å²) in [4.78, 5) is 26.7. The molecule has 4 rings (SSSR count). The molecule has 3 aromatic rings. The summed E-state index contributed by atoms with van der Waals surface area (Å²) in [7, 11) is 0. The summed E-state index contributed by atoms with van der Waals surface area (Å²) in [6.45, 7) is -0.0631. The molecule has 0 fully saturated rings. The highest BCUT2D eigenvalue weighted by atomic mass is 16.3. The minimum Gasteiger partial charge on any atom is -0.387 e. The van der Waals surface area contributed by atoms with E-state index in [1.165, 1.54) is 0 Å². The number of imide groups is 1. The lowest BCUT2D eigenvalue weighted by Gasteiger charge is -2.28. The highest BCUT2D eigenvalue weighted by molar-refractivity contribution is 6.25. The molecule has 1 N–H and O–H groups in total. The van der Waals surface area contributed by atoms with Crippen molar-refractivity contribution in [1.29, 1.82) is 0 Å². The van der Waals surface area contributed by atoms with Crippen molar-refractivity contribution in [1.82, 2.24) is 4.90 Å². The zero-order valence-electron chi connectivity index (χ0n) is 12.8. The number of nitrogens with zero attached hydrogens (tertiary/aromatic N) is 1. The number of benzene rings is 3. The largest absolute Gasteiger partial charge is 0.387 e. The normalized spacial score (nSPS) is 15.0. The smallest absolute Gasteiger partial charge is 0.261 e. The molecule has 0 saturated carbocycles. The average molecular weight is 317 g/mol. The maximum Gasteiger partial charge on any atom is 0.261 e. The van der Waals surface area contributed by atoms with Crippen LogP contribution in [0.5, 0.6) is 0 Å². The van der Waals surface area contributed by atoms with Crippen molar-refractivity contribution in [2.75, 3.05) is 6.54 Å². The molecule has 0 spiro atoms. The van der Waals surface area contributed by atoms with Crippen LogP contribution < -0.4 is 0 Å². The van der Waals surface area contributed by atoms with E-state index in [2.05, 4.69) is 0 Å². The van der Waals surface area contributed by atoms with Crippen LogP contribution >= 0.6 is 0 Å². The SMILES string of the molecule is O=C1c2cccc3cccc(c23)C(=O)N1C[C@H](O)c1ccccc1. The Morgan fingerprint density at radius 2 is 1.38 bits per heavy atom. The summed E-state index contributed by atoms with van der Waals surface area (Å²) in [6, 6.07) is 19.9. The van der Waals surface area contributed by atoms with Crippen molar-refractivity contribution < 1.29 is 14.7 Å². The molecular formula is C20H15NO3. The van der Waals surface area contributed by atoms with E-state index < -0.39 is 6.10 Å². The van der Waals surface area contributed by atoms with E-state index in [4.69, 9.17) is 0 Å². The maximum absolute atomic E-state index is 12.8. The van der Waals surface area contributed by atoms with Gasteiger partial charge in [0.1, 0.15) is 0 Å². The van der Waals surface area contributed by atoms with Crippen molar-refractivity contribution in [3.63, 3.8) is 0 Å². The Morgan fingerprint density at radius 1 is 0.792 bits per heavy atom. The Morgan fingerprint density at radius 3 is 1.96 bits per heavy atom. The summed E-state index contributed by atoms with van der Waals surface area (Å²) >= 11 is 0. The van der Waals surface area contributed by atoms with Crippen molar-refractivity contribution in [2.24, 2.45) is 0 Å². The molecule has 3 aromatic carbocycles. The zero-order chi connectivity index (χ0) is 16.7. The first-order chi connectivity index (χ1) is 11.7. The average Bonchev–Trinajstić information content (AvgIpc) is 2.63. The fourth-order valence-corrected chi connectivity index (χ4v) is 3.20. The van der Waals surface area contributed by atoms with Crippen LogP contribution in [0.3, 0.4) is 0 Å². The number of hydrogen-bond acceptors (Lipinski definition) is 3. The van der Waals surface area contributed by atoms with Gasteiger partial charge in [0.2, 0.25) is 0 Å². The minimum absolute atomic E-state index is 0.0631. The summed E-state index contributed by atoms with van der Waals surface area (Å²) in [5.41, 5.74) is 1.68. The molecule has 1 aliphatic heterocycles. The van der Waals surface area contributed by atoms with Crippen LogP contribution in [-0.2, 0) is 0 Å². The Bertz CT molecular complexity index is 899. The topological polar surface area (TPSA) is 57.6 Å². The van der Waals surface area contributed by atoms with Gasteiger partial charge in [-0.25, -0.2) is 0 Å². The number of β-amino-alcohol motifs (C(OH)–C–C–N with tert-alkyl or cyclic N) is 1. The molecule has 1 aliphatic rings. The van der Waals surface area contributed by atoms with Gasteiger partial charge < -0.3 is 5.11 Å². The molecule has 0 saturated heterocycles. The monoisotopic (exact) mass is 317 g/mol. The van der Waals surface area contributed by atoms with E-state index in [1.807, 2.05) is 30.3 Å². The predicted molar refractivity (Wildman–Crippen MR) is 90.7 cm³/mol. The van der Waals surface area contributed by atoms with E-state index in [9.17, 15) is 14.7 Å². The van der Waals surface area contributed by atoms with Gasteiger partial charge in [-0.2, -0.15) is 0 Å². The molecule has 0 unspecified atom stereocenters. The second-order valence-corrected chi connectivity index (χ2v) is 5.86. The summed E-state index contributed by atoms with van der Waals surface area (Å²) < 4.78 is 0. The Labute approximate surface area is 139 Å². The number of hydrogen-bond donors (Lipinski definition) is 1. The molecule has 24 heavy (non-hydrogen) atoms. The van der Waals surface area contributed by atoms with Crippen LogP contribution in [0.1, 0.15) is 32.4 Å². The number of aliphatic hydroxyl groups excluding tert-OH is 1. The van der Waals surface area contributed by atoms with Crippen molar-refractivity contribution in [3.05, 3.63) is 83.4 Å². The molecular weight excluding hydrogens is 302 g/mol. The fraction of sp³-hybridized carbons (Fsp3) is 0.100. The quantitative estimate of drug-likeness (QED) is 0.755. The first-order valence-electron chi connectivity index (χ1n) is 7.78. The lowest BCUT2D eigenvalue weighted by molar-refractivity contribution is 0.0500. The van der Waals surface area contributed by atoms with Gasteiger partial charge in [0.15, 0.2) is 0 Å². The molecule has 0 aromatic heterocycles. The number of amides is 2. The van der Waals surface area contributed by atoms with Gasteiger partial charge >= 0.3 is 0 Å². The lowest BCUT2D eigenvalue weighted by atomic mass is 9.93. The van der Waals surface area contributed by atoms with Crippen molar-refractivity contribution in [3.8, 4) is 0 Å². The van der Waals surface area contributed by atoms with Gasteiger partial charge in [-0.15, -0.1) is 0 Å². The first kappa shape index (κ1) is 14.6. The third-order valence-corrected chi connectivity index (χ3v) is 4.40. The van der Waals surface area contributed by atoms with E-state index >= 15 is 0 Å². The van der Waals surface area contributed by atoms with Gasteiger partial charge in [-0.05, 0) is 23.1 Å². The number of carbonyl (C=O) groups is 2. The molecule has 2 amide bonds. The van der Waals surface area contributed by atoms with E-state index in [1.54, 1.807) is 36.4 Å². The molecule has 1 atom stereocenters. The van der Waals surface area contributed by atoms with Crippen LogP contribution in [0, 0.1) is 0 Å². The van der Waals surface area contributed by atoms with Gasteiger partial charge in [-0.3, -0.25) is 14.5 Å². The minimum atomic E-state index is -0.913. The fourth-order valence-electron chi connectivity index (χ4n) is 3.20. The third kappa shape index (κ3) is 2.20. The van der Waals surface area contributed by atoms with Gasteiger partial charge in [-0.1, -0.05) is 54.6 Å². The van der Waals surface area contributed by atoms with E-state index in [0.717, 1.165) is 10.3 Å². The standard InChI is InChI=1S/C20H15NO3/c22-17(13-6-2-1-3-7-13)12-21-19(23)15-10-4-8-14-9-5-11-16(18(14)15)20(21)24/h1-11,17,22H,12H2/t17-/m0/s1. The maximum atomic E-state index is 12.8. The van der Waals surface area contributed by atoms with Crippen molar-refractivity contribution in [2.45, 2.75) is 6.10 Å². The molecule has 0 radical (unpaired) electrons. The third-order valence-electron chi connectivity index (χ3n) is 4.40. The molecule has 1 heterocycles. The van der Waals surface area contributed by atoms with Crippen LogP contribution in [0.15, 0.2) is 66.7 Å². The summed E-state index contributed by atoms with van der Waals surface area (Å²) in [5, 5.41) is 12.0. The van der Waals surface area contributed by atoms with Crippen LogP contribution in [0.2, 0.25) is 0 Å².